The molecule has 0 radical (unpaired) electrons. The van der Waals surface area contributed by atoms with Gasteiger partial charge in [-0.2, -0.15) is 0 Å². The Morgan fingerprint density at radius 1 is 1.15 bits per heavy atom. The highest BCUT2D eigenvalue weighted by Crippen LogP contribution is 2.24. The van der Waals surface area contributed by atoms with Gasteiger partial charge in [0.2, 0.25) is 10.0 Å². The van der Waals surface area contributed by atoms with E-state index in [0.717, 1.165) is 18.4 Å². The number of rotatable bonds is 5. The van der Waals surface area contributed by atoms with Gasteiger partial charge in [0.15, 0.2) is 0 Å². The zero-order chi connectivity index (χ0) is 19.4. The summed E-state index contributed by atoms with van der Waals surface area (Å²) in [6.45, 7) is 4.52. The number of sulfonamides is 1. The predicted octanol–water partition coefficient (Wildman–Crippen LogP) is 3.67. The maximum Gasteiger partial charge on any atom is 0.251 e. The summed E-state index contributed by atoms with van der Waals surface area (Å²) >= 11 is 0. The van der Waals surface area contributed by atoms with Crippen molar-refractivity contribution in [3.8, 4) is 0 Å². The van der Waals surface area contributed by atoms with Crippen molar-refractivity contribution in [1.29, 1.82) is 0 Å². The summed E-state index contributed by atoms with van der Waals surface area (Å²) in [6.07, 6.45) is 2.50. The lowest BCUT2D eigenvalue weighted by Crippen LogP contribution is -2.38. The molecule has 1 amide bonds. The van der Waals surface area contributed by atoms with E-state index >= 15 is 0 Å². The Morgan fingerprint density at radius 3 is 2.56 bits per heavy atom. The third-order valence-corrected chi connectivity index (χ3v) is 6.85. The third kappa shape index (κ3) is 4.50. The van der Waals surface area contributed by atoms with E-state index in [-0.39, 0.29) is 17.7 Å². The van der Waals surface area contributed by atoms with Crippen LogP contribution in [-0.2, 0) is 16.4 Å². The fourth-order valence-electron chi connectivity index (χ4n) is 3.29. The van der Waals surface area contributed by atoms with Crippen LogP contribution in [0.1, 0.15) is 54.2 Å². The van der Waals surface area contributed by atoms with Gasteiger partial charge in [-0.15, -0.1) is 0 Å². The highest BCUT2D eigenvalue weighted by Gasteiger charge is 2.26. The van der Waals surface area contributed by atoms with E-state index in [4.69, 9.17) is 0 Å². The number of hydrogen-bond donors (Lipinski definition) is 1. The SMILES string of the molecule is CCc1ccc(C(C)NC(=O)c2cccc(N3CCCCS3(=O)=O)c2)cc1. The van der Waals surface area contributed by atoms with Crippen LogP contribution in [0.2, 0.25) is 0 Å². The number of hydrogen-bond acceptors (Lipinski definition) is 3. The number of benzene rings is 2. The van der Waals surface area contributed by atoms with Gasteiger partial charge in [0.05, 0.1) is 17.5 Å². The van der Waals surface area contributed by atoms with Crippen LogP contribution in [0.25, 0.3) is 0 Å². The van der Waals surface area contributed by atoms with Crippen LogP contribution >= 0.6 is 0 Å². The maximum absolute atomic E-state index is 12.7. The molecule has 1 saturated heterocycles. The number of carbonyl (C=O) groups excluding carboxylic acids is 1. The lowest BCUT2D eigenvalue weighted by molar-refractivity contribution is 0.0940. The molecule has 0 aromatic heterocycles. The van der Waals surface area contributed by atoms with Gasteiger partial charge >= 0.3 is 0 Å². The molecular weight excluding hydrogens is 360 g/mol. The zero-order valence-electron chi connectivity index (χ0n) is 15.8. The first kappa shape index (κ1) is 19.4. The van der Waals surface area contributed by atoms with Crippen LogP contribution in [-0.4, -0.2) is 26.6 Å². The molecule has 1 aliphatic rings. The number of carbonyl (C=O) groups is 1. The van der Waals surface area contributed by atoms with Crippen LogP contribution in [0.15, 0.2) is 48.5 Å². The molecule has 144 valence electrons. The highest BCUT2D eigenvalue weighted by atomic mass is 32.2. The Hall–Kier alpha value is -2.34. The normalized spacial score (nSPS) is 17.3. The first-order valence-electron chi connectivity index (χ1n) is 9.41. The summed E-state index contributed by atoms with van der Waals surface area (Å²) < 4.78 is 26.0. The zero-order valence-corrected chi connectivity index (χ0v) is 16.6. The van der Waals surface area contributed by atoms with Crippen LogP contribution in [0.4, 0.5) is 5.69 Å². The average molecular weight is 387 g/mol. The standard InChI is InChI=1S/C21H26N2O3S/c1-3-17-9-11-18(12-10-17)16(2)22-21(24)19-7-6-8-20(15-19)23-13-4-5-14-27(23,25)26/h6-12,15-16H,3-5,13-14H2,1-2H3,(H,22,24). The Bertz CT molecular complexity index is 907. The molecular formula is C21H26N2O3S. The fourth-order valence-corrected chi connectivity index (χ4v) is 4.92. The molecule has 2 aromatic carbocycles. The second-order valence-corrected chi connectivity index (χ2v) is 8.95. The summed E-state index contributed by atoms with van der Waals surface area (Å²) in [6, 6.07) is 14.9. The number of nitrogens with one attached hydrogen (secondary N) is 1. The second kappa shape index (κ2) is 8.13. The van der Waals surface area contributed by atoms with Crippen LogP contribution in [0, 0.1) is 0 Å². The van der Waals surface area contributed by atoms with E-state index in [2.05, 4.69) is 24.4 Å². The molecule has 1 N–H and O–H groups in total. The van der Waals surface area contributed by atoms with Crippen LogP contribution in [0.3, 0.4) is 0 Å². The Labute approximate surface area is 161 Å². The second-order valence-electron chi connectivity index (χ2n) is 6.94. The fraction of sp³-hybridized carbons (Fsp3) is 0.381. The van der Waals surface area contributed by atoms with Crippen LogP contribution in [0.5, 0.6) is 0 Å². The molecule has 1 fully saturated rings. The number of anilines is 1. The molecule has 0 bridgehead atoms. The van der Waals surface area contributed by atoms with Crippen molar-refractivity contribution in [3.63, 3.8) is 0 Å². The minimum absolute atomic E-state index is 0.134. The van der Waals surface area contributed by atoms with Gasteiger partial charge in [0.1, 0.15) is 0 Å². The smallest absolute Gasteiger partial charge is 0.251 e. The first-order valence-corrected chi connectivity index (χ1v) is 11.0. The van der Waals surface area contributed by atoms with Crippen molar-refractivity contribution in [2.45, 2.75) is 39.2 Å². The molecule has 1 aliphatic heterocycles. The van der Waals surface area contributed by atoms with E-state index in [1.54, 1.807) is 24.3 Å². The summed E-state index contributed by atoms with van der Waals surface area (Å²) in [5, 5.41) is 2.99. The minimum Gasteiger partial charge on any atom is -0.346 e. The minimum atomic E-state index is -3.29. The predicted molar refractivity (Wildman–Crippen MR) is 109 cm³/mol. The van der Waals surface area contributed by atoms with Gasteiger partial charge in [-0.05, 0) is 55.5 Å². The molecule has 0 spiro atoms. The van der Waals surface area contributed by atoms with Crippen molar-refractivity contribution < 1.29 is 13.2 Å². The Morgan fingerprint density at radius 2 is 1.89 bits per heavy atom. The summed E-state index contributed by atoms with van der Waals surface area (Å²) in [7, 11) is -3.29. The molecule has 1 unspecified atom stereocenters. The van der Waals surface area contributed by atoms with Crippen molar-refractivity contribution >= 4 is 21.6 Å². The molecule has 0 aliphatic carbocycles. The average Bonchev–Trinajstić information content (AvgIpc) is 2.67. The van der Waals surface area contributed by atoms with Crippen molar-refractivity contribution in [2.24, 2.45) is 0 Å². The lowest BCUT2D eigenvalue weighted by Gasteiger charge is -2.28. The van der Waals surface area contributed by atoms with E-state index < -0.39 is 10.0 Å². The first-order chi connectivity index (χ1) is 12.9. The molecule has 1 heterocycles. The highest BCUT2D eigenvalue weighted by molar-refractivity contribution is 7.92. The van der Waals surface area contributed by atoms with Gasteiger partial charge in [-0.25, -0.2) is 8.42 Å². The van der Waals surface area contributed by atoms with E-state index in [1.165, 1.54) is 9.87 Å². The van der Waals surface area contributed by atoms with Gasteiger partial charge in [0, 0.05) is 12.1 Å². The topological polar surface area (TPSA) is 66.5 Å². The van der Waals surface area contributed by atoms with Crippen LogP contribution < -0.4 is 9.62 Å². The van der Waals surface area contributed by atoms with Crippen molar-refractivity contribution in [1.82, 2.24) is 5.32 Å². The largest absolute Gasteiger partial charge is 0.346 e. The molecule has 0 saturated carbocycles. The molecule has 2 aromatic rings. The Balaban J connectivity index is 1.75. The molecule has 1 atom stereocenters. The third-order valence-electron chi connectivity index (χ3n) is 4.98. The summed E-state index contributed by atoms with van der Waals surface area (Å²) in [4.78, 5) is 12.7. The molecule has 5 nitrogen and oxygen atoms in total. The lowest BCUT2D eigenvalue weighted by atomic mass is 10.0. The quantitative estimate of drug-likeness (QED) is 0.853. The molecule has 6 heteroatoms. The summed E-state index contributed by atoms with van der Waals surface area (Å²) in [5.74, 6) is -0.0490. The van der Waals surface area contributed by atoms with E-state index in [1.807, 2.05) is 19.1 Å². The number of aryl methyl sites for hydroxylation is 1. The summed E-state index contributed by atoms with van der Waals surface area (Å²) in [5.41, 5.74) is 3.32. The Kier molecular flexibility index (Phi) is 5.85. The van der Waals surface area contributed by atoms with E-state index in [9.17, 15) is 13.2 Å². The molecule has 27 heavy (non-hydrogen) atoms. The number of nitrogens with zero attached hydrogens (tertiary/aromatic N) is 1. The van der Waals surface area contributed by atoms with Gasteiger partial charge < -0.3 is 5.32 Å². The van der Waals surface area contributed by atoms with Gasteiger partial charge in [-0.3, -0.25) is 9.10 Å². The molecule has 3 rings (SSSR count). The maximum atomic E-state index is 12.7. The van der Waals surface area contributed by atoms with Gasteiger partial charge in [0.25, 0.3) is 5.91 Å². The number of amides is 1. The van der Waals surface area contributed by atoms with E-state index in [0.29, 0.717) is 24.2 Å². The van der Waals surface area contributed by atoms with Gasteiger partial charge in [-0.1, -0.05) is 37.3 Å². The monoisotopic (exact) mass is 386 g/mol. The van der Waals surface area contributed by atoms with Crippen molar-refractivity contribution in [3.05, 3.63) is 65.2 Å². The van der Waals surface area contributed by atoms with Crippen molar-refractivity contribution in [2.75, 3.05) is 16.6 Å².